The van der Waals surface area contributed by atoms with Gasteiger partial charge in [-0.15, -0.1) is 0 Å². The molecule has 2 aromatic carbocycles. The van der Waals surface area contributed by atoms with Crippen LogP contribution in [0.25, 0.3) is 6.08 Å². The zero-order chi connectivity index (χ0) is 16.7. The van der Waals surface area contributed by atoms with Gasteiger partial charge in [0.15, 0.2) is 5.78 Å². The minimum absolute atomic E-state index is 0.109. The highest BCUT2D eigenvalue weighted by molar-refractivity contribution is 6.06. The molecule has 2 rings (SSSR count). The summed E-state index contributed by atoms with van der Waals surface area (Å²) in [4.78, 5) is 33.5. The molecule has 0 aromatic heterocycles. The molecule has 0 fully saturated rings. The van der Waals surface area contributed by atoms with Gasteiger partial charge in [0.05, 0.1) is 0 Å². The van der Waals surface area contributed by atoms with Crippen LogP contribution in [0, 0.1) is 0 Å². The number of rotatable bonds is 6. The van der Waals surface area contributed by atoms with Gasteiger partial charge in [-0.05, 0) is 23.8 Å². The van der Waals surface area contributed by atoms with Crippen LogP contribution in [0.2, 0.25) is 0 Å². The van der Waals surface area contributed by atoms with Gasteiger partial charge in [0.2, 0.25) is 0 Å². The van der Waals surface area contributed by atoms with Crippen molar-refractivity contribution >= 4 is 23.8 Å². The molecule has 0 unspecified atom stereocenters. The van der Waals surface area contributed by atoms with Crippen molar-refractivity contribution in [3.63, 3.8) is 0 Å². The van der Waals surface area contributed by atoms with E-state index in [4.69, 9.17) is 9.84 Å². The van der Waals surface area contributed by atoms with Crippen LogP contribution in [0.15, 0.2) is 60.7 Å². The number of ether oxygens (including phenoxy) is 1. The van der Waals surface area contributed by atoms with E-state index in [0.29, 0.717) is 5.56 Å². The Morgan fingerprint density at radius 1 is 0.957 bits per heavy atom. The van der Waals surface area contributed by atoms with Crippen molar-refractivity contribution in [3.05, 3.63) is 71.8 Å². The van der Waals surface area contributed by atoms with E-state index in [1.807, 2.05) is 6.07 Å². The first-order valence-corrected chi connectivity index (χ1v) is 6.84. The molecule has 0 radical (unpaired) electrons. The van der Waals surface area contributed by atoms with Crippen molar-refractivity contribution < 1.29 is 24.2 Å². The van der Waals surface area contributed by atoms with Crippen LogP contribution in [0.5, 0.6) is 5.75 Å². The molecular weight excluding hydrogens is 296 g/mol. The zero-order valence-electron chi connectivity index (χ0n) is 12.1. The van der Waals surface area contributed by atoms with Crippen molar-refractivity contribution in [1.29, 1.82) is 0 Å². The molecule has 116 valence electrons. The third kappa shape index (κ3) is 5.24. The predicted octanol–water partition coefficient (Wildman–Crippen LogP) is 2.96. The summed E-state index contributed by atoms with van der Waals surface area (Å²) in [7, 11) is 0. The molecule has 0 aliphatic carbocycles. The Hall–Kier alpha value is -3.21. The van der Waals surface area contributed by atoms with Gasteiger partial charge in [0.1, 0.15) is 12.2 Å². The van der Waals surface area contributed by atoms with Crippen molar-refractivity contribution in [2.75, 3.05) is 0 Å². The topological polar surface area (TPSA) is 80.7 Å². The van der Waals surface area contributed by atoms with E-state index in [9.17, 15) is 14.4 Å². The molecule has 0 aliphatic rings. The fraction of sp³-hybridized carbons (Fsp3) is 0.0556. The third-order valence-electron chi connectivity index (χ3n) is 2.89. The quantitative estimate of drug-likeness (QED) is 0.292. The zero-order valence-corrected chi connectivity index (χ0v) is 12.1. The maximum atomic E-state index is 11.9. The van der Waals surface area contributed by atoms with E-state index in [0.717, 1.165) is 5.56 Å². The number of hydrogen-bond donors (Lipinski definition) is 1. The number of benzene rings is 2. The Morgan fingerprint density at radius 3 is 2.22 bits per heavy atom. The van der Waals surface area contributed by atoms with Crippen LogP contribution in [-0.4, -0.2) is 22.8 Å². The number of esters is 1. The van der Waals surface area contributed by atoms with Gasteiger partial charge in [0, 0.05) is 5.56 Å². The molecule has 0 bridgehead atoms. The molecule has 0 amide bonds. The summed E-state index contributed by atoms with van der Waals surface area (Å²) in [5.74, 6) is -1.93. The van der Waals surface area contributed by atoms with Crippen LogP contribution in [0.3, 0.4) is 0 Å². The molecule has 0 saturated heterocycles. The fourth-order valence-electron chi connectivity index (χ4n) is 1.81. The van der Waals surface area contributed by atoms with Gasteiger partial charge in [-0.25, -0.2) is 0 Å². The highest BCUT2D eigenvalue weighted by Gasteiger charge is 2.09. The van der Waals surface area contributed by atoms with Crippen LogP contribution in [-0.2, 0) is 9.59 Å². The molecule has 0 heterocycles. The standard InChI is InChI=1S/C18H14O5/c19-16(14-4-2-1-3-5-14)11-8-13-6-9-15(10-7-13)23-18(22)12-17(20)21/h1-11H,12H2,(H,20,21)/b11-8+. The Morgan fingerprint density at radius 2 is 1.61 bits per heavy atom. The largest absolute Gasteiger partial charge is 0.481 e. The highest BCUT2D eigenvalue weighted by atomic mass is 16.5. The molecule has 5 nitrogen and oxygen atoms in total. The number of carbonyl (C=O) groups is 3. The molecule has 0 saturated carbocycles. The van der Waals surface area contributed by atoms with E-state index >= 15 is 0 Å². The first-order valence-electron chi connectivity index (χ1n) is 6.84. The summed E-state index contributed by atoms with van der Waals surface area (Å²) < 4.78 is 4.86. The number of carboxylic acids is 1. The van der Waals surface area contributed by atoms with E-state index in [-0.39, 0.29) is 11.5 Å². The molecule has 23 heavy (non-hydrogen) atoms. The van der Waals surface area contributed by atoms with Gasteiger partial charge in [-0.3, -0.25) is 14.4 Å². The lowest BCUT2D eigenvalue weighted by Gasteiger charge is -2.02. The lowest BCUT2D eigenvalue weighted by atomic mass is 10.1. The van der Waals surface area contributed by atoms with Crippen LogP contribution < -0.4 is 4.74 Å². The highest BCUT2D eigenvalue weighted by Crippen LogP contribution is 2.14. The normalized spacial score (nSPS) is 10.4. The number of hydrogen-bond acceptors (Lipinski definition) is 4. The average molecular weight is 310 g/mol. The SMILES string of the molecule is O=C(O)CC(=O)Oc1ccc(/C=C/C(=O)c2ccccc2)cc1. The smallest absolute Gasteiger partial charge is 0.322 e. The van der Waals surface area contributed by atoms with Crippen molar-refractivity contribution in [2.45, 2.75) is 6.42 Å². The first kappa shape index (κ1) is 16.2. The number of allylic oxidation sites excluding steroid dienone is 1. The number of carboxylic acid groups (broad SMARTS) is 1. The van der Waals surface area contributed by atoms with Crippen LogP contribution in [0.1, 0.15) is 22.3 Å². The molecule has 0 atom stereocenters. The summed E-state index contributed by atoms with van der Waals surface area (Å²) in [5, 5.41) is 8.48. The summed E-state index contributed by atoms with van der Waals surface area (Å²) in [6, 6.07) is 15.3. The Kier molecular flexibility index (Phi) is 5.41. The second kappa shape index (κ2) is 7.70. The van der Waals surface area contributed by atoms with E-state index in [2.05, 4.69) is 0 Å². The summed E-state index contributed by atoms with van der Waals surface area (Å²) in [6.45, 7) is 0. The van der Waals surface area contributed by atoms with Crippen molar-refractivity contribution in [2.24, 2.45) is 0 Å². The molecule has 5 heteroatoms. The van der Waals surface area contributed by atoms with Gasteiger partial charge in [0.25, 0.3) is 0 Å². The third-order valence-corrected chi connectivity index (χ3v) is 2.89. The molecule has 0 spiro atoms. The molecule has 1 N–H and O–H groups in total. The predicted molar refractivity (Wildman–Crippen MR) is 84.1 cm³/mol. The van der Waals surface area contributed by atoms with Crippen molar-refractivity contribution in [1.82, 2.24) is 0 Å². The van der Waals surface area contributed by atoms with Crippen molar-refractivity contribution in [3.8, 4) is 5.75 Å². The second-order valence-corrected chi connectivity index (χ2v) is 4.68. The average Bonchev–Trinajstić information content (AvgIpc) is 2.54. The fourth-order valence-corrected chi connectivity index (χ4v) is 1.81. The maximum Gasteiger partial charge on any atom is 0.322 e. The lowest BCUT2D eigenvalue weighted by Crippen LogP contribution is -2.13. The summed E-state index contributed by atoms with van der Waals surface area (Å²) in [5.41, 5.74) is 1.36. The summed E-state index contributed by atoms with van der Waals surface area (Å²) >= 11 is 0. The minimum Gasteiger partial charge on any atom is -0.481 e. The first-order chi connectivity index (χ1) is 11.0. The Bertz CT molecular complexity index is 730. The second-order valence-electron chi connectivity index (χ2n) is 4.68. The summed E-state index contributed by atoms with van der Waals surface area (Å²) in [6.07, 6.45) is 2.42. The van der Waals surface area contributed by atoms with Crippen LogP contribution >= 0.6 is 0 Å². The van der Waals surface area contributed by atoms with E-state index in [1.165, 1.54) is 18.2 Å². The van der Waals surface area contributed by atoms with E-state index in [1.54, 1.807) is 42.5 Å². The minimum atomic E-state index is -1.24. The number of carbonyl (C=O) groups excluding carboxylic acids is 2. The van der Waals surface area contributed by atoms with Crippen LogP contribution in [0.4, 0.5) is 0 Å². The molecule has 0 aliphatic heterocycles. The van der Waals surface area contributed by atoms with Gasteiger partial charge in [-0.1, -0.05) is 48.5 Å². The Balaban J connectivity index is 1.97. The van der Waals surface area contributed by atoms with Gasteiger partial charge < -0.3 is 9.84 Å². The maximum absolute atomic E-state index is 11.9. The van der Waals surface area contributed by atoms with E-state index < -0.39 is 18.4 Å². The molecular formula is C18H14O5. The lowest BCUT2D eigenvalue weighted by molar-refractivity contribution is -0.145. The van der Waals surface area contributed by atoms with Gasteiger partial charge in [-0.2, -0.15) is 0 Å². The monoisotopic (exact) mass is 310 g/mol. The number of ketones is 1. The number of aliphatic carboxylic acids is 1. The van der Waals surface area contributed by atoms with Gasteiger partial charge >= 0.3 is 11.9 Å². The Labute approximate surface area is 132 Å². The molecule has 2 aromatic rings.